The minimum absolute atomic E-state index is 0.0442. The van der Waals surface area contributed by atoms with Crippen molar-refractivity contribution in [3.05, 3.63) is 65.0 Å². The van der Waals surface area contributed by atoms with E-state index in [0.717, 1.165) is 12.1 Å². The summed E-state index contributed by atoms with van der Waals surface area (Å²) < 4.78 is 44.5. The zero-order valence-electron chi connectivity index (χ0n) is 10.9. The second kappa shape index (κ2) is 5.96. The summed E-state index contributed by atoms with van der Waals surface area (Å²) >= 11 is 0. The average molecular weight is 281 g/mol. The molecule has 0 aliphatic carbocycles. The molecule has 1 atom stereocenters. The number of hydrogen-bond donors (Lipinski definition) is 1. The maximum absolute atomic E-state index is 13.2. The summed E-state index contributed by atoms with van der Waals surface area (Å²) in [7, 11) is 0. The van der Waals surface area contributed by atoms with Gasteiger partial charge in [-0.2, -0.15) is 0 Å². The number of hydrogen-bond acceptors (Lipinski definition) is 2. The Labute approximate surface area is 115 Å². The second-order valence-corrected chi connectivity index (χ2v) is 4.51. The van der Waals surface area contributed by atoms with E-state index >= 15 is 0 Å². The number of halogens is 3. The van der Waals surface area contributed by atoms with Crippen LogP contribution in [0.2, 0.25) is 0 Å². The molecule has 0 aromatic heterocycles. The van der Waals surface area contributed by atoms with Gasteiger partial charge in [0.2, 0.25) is 0 Å². The van der Waals surface area contributed by atoms with E-state index in [1.54, 1.807) is 6.92 Å². The van der Waals surface area contributed by atoms with Gasteiger partial charge in [0.15, 0.2) is 11.6 Å². The predicted octanol–water partition coefficient (Wildman–Crippen LogP) is 3.70. The topological polar surface area (TPSA) is 35.2 Å². The minimum Gasteiger partial charge on any atom is -0.489 e. The highest BCUT2D eigenvalue weighted by Crippen LogP contribution is 2.25. The molecule has 2 N–H and O–H groups in total. The first-order valence-electron chi connectivity index (χ1n) is 6.09. The summed E-state index contributed by atoms with van der Waals surface area (Å²) in [5.41, 5.74) is 6.74. The Balaban J connectivity index is 2.16. The number of ether oxygens (including phenoxy) is 1. The molecular formula is C15H14F3NO. The first kappa shape index (κ1) is 14.4. The van der Waals surface area contributed by atoms with Gasteiger partial charge in [0.25, 0.3) is 0 Å². The summed E-state index contributed by atoms with van der Waals surface area (Å²) in [4.78, 5) is 0. The molecule has 20 heavy (non-hydrogen) atoms. The third-order valence-corrected chi connectivity index (χ3v) is 2.84. The molecule has 2 nitrogen and oxygen atoms in total. The lowest BCUT2D eigenvalue weighted by molar-refractivity contribution is 0.300. The molecule has 2 rings (SSSR count). The van der Waals surface area contributed by atoms with E-state index in [0.29, 0.717) is 16.9 Å². The van der Waals surface area contributed by atoms with Crippen LogP contribution in [0.5, 0.6) is 5.75 Å². The first-order valence-corrected chi connectivity index (χ1v) is 6.09. The van der Waals surface area contributed by atoms with Crippen molar-refractivity contribution in [1.82, 2.24) is 0 Å². The summed E-state index contributed by atoms with van der Waals surface area (Å²) in [6.07, 6.45) is 0. The third kappa shape index (κ3) is 3.30. The molecule has 0 saturated carbocycles. The molecule has 2 aromatic rings. The fourth-order valence-electron chi connectivity index (χ4n) is 1.80. The Bertz CT molecular complexity index is 614. The molecule has 0 fully saturated rings. The predicted molar refractivity (Wildman–Crippen MR) is 69.7 cm³/mol. The van der Waals surface area contributed by atoms with Crippen LogP contribution in [0.3, 0.4) is 0 Å². The maximum atomic E-state index is 13.2. The van der Waals surface area contributed by atoms with Gasteiger partial charge in [-0.3, -0.25) is 0 Å². The van der Waals surface area contributed by atoms with Crippen molar-refractivity contribution in [2.75, 3.05) is 0 Å². The van der Waals surface area contributed by atoms with Crippen LogP contribution in [0.1, 0.15) is 24.1 Å². The molecular weight excluding hydrogens is 267 g/mol. The van der Waals surface area contributed by atoms with E-state index < -0.39 is 23.5 Å². The van der Waals surface area contributed by atoms with Crippen LogP contribution in [-0.4, -0.2) is 0 Å². The van der Waals surface area contributed by atoms with Gasteiger partial charge >= 0.3 is 0 Å². The third-order valence-electron chi connectivity index (χ3n) is 2.84. The van der Waals surface area contributed by atoms with Gasteiger partial charge in [0.05, 0.1) is 0 Å². The molecule has 0 spiro atoms. The zero-order valence-corrected chi connectivity index (χ0v) is 10.9. The normalized spacial score (nSPS) is 12.2. The lowest BCUT2D eigenvalue weighted by atomic mass is 10.1. The highest BCUT2D eigenvalue weighted by atomic mass is 19.2. The van der Waals surface area contributed by atoms with Crippen molar-refractivity contribution in [1.29, 1.82) is 0 Å². The van der Waals surface area contributed by atoms with Crippen molar-refractivity contribution < 1.29 is 17.9 Å². The quantitative estimate of drug-likeness (QED) is 0.927. The lowest BCUT2D eigenvalue weighted by Crippen LogP contribution is -2.08. The maximum Gasteiger partial charge on any atom is 0.159 e. The van der Waals surface area contributed by atoms with Gasteiger partial charge in [0, 0.05) is 11.6 Å². The van der Waals surface area contributed by atoms with E-state index in [1.807, 2.05) is 0 Å². The Morgan fingerprint density at radius 1 is 1.05 bits per heavy atom. The van der Waals surface area contributed by atoms with Crippen molar-refractivity contribution in [2.45, 2.75) is 19.6 Å². The van der Waals surface area contributed by atoms with E-state index in [1.165, 1.54) is 24.3 Å². The average Bonchev–Trinajstić information content (AvgIpc) is 2.41. The van der Waals surface area contributed by atoms with Gasteiger partial charge in [-0.05, 0) is 42.8 Å². The Kier molecular flexibility index (Phi) is 4.29. The van der Waals surface area contributed by atoms with Gasteiger partial charge < -0.3 is 10.5 Å². The number of nitrogens with two attached hydrogens (primary N) is 1. The molecule has 106 valence electrons. The monoisotopic (exact) mass is 281 g/mol. The van der Waals surface area contributed by atoms with E-state index in [2.05, 4.69) is 0 Å². The van der Waals surface area contributed by atoms with Crippen LogP contribution in [0.4, 0.5) is 13.2 Å². The van der Waals surface area contributed by atoms with Crippen molar-refractivity contribution in [2.24, 2.45) is 5.73 Å². The van der Waals surface area contributed by atoms with Gasteiger partial charge in [-0.25, -0.2) is 13.2 Å². The molecule has 0 radical (unpaired) electrons. The van der Waals surface area contributed by atoms with Gasteiger partial charge in [-0.15, -0.1) is 0 Å². The van der Waals surface area contributed by atoms with Crippen molar-refractivity contribution in [3.8, 4) is 5.75 Å². The Hall–Kier alpha value is -2.01. The first-order chi connectivity index (χ1) is 9.47. The Morgan fingerprint density at radius 2 is 1.80 bits per heavy atom. The van der Waals surface area contributed by atoms with Crippen molar-refractivity contribution >= 4 is 0 Å². The molecule has 0 heterocycles. The highest BCUT2D eigenvalue weighted by molar-refractivity contribution is 5.36. The fourth-order valence-corrected chi connectivity index (χ4v) is 1.80. The van der Waals surface area contributed by atoms with Crippen LogP contribution in [0.25, 0.3) is 0 Å². The Morgan fingerprint density at radius 3 is 2.45 bits per heavy atom. The number of benzene rings is 2. The number of rotatable bonds is 4. The van der Waals surface area contributed by atoms with E-state index in [4.69, 9.17) is 10.5 Å². The smallest absolute Gasteiger partial charge is 0.159 e. The zero-order chi connectivity index (χ0) is 14.7. The lowest BCUT2D eigenvalue weighted by Gasteiger charge is -2.14. The molecule has 0 saturated heterocycles. The van der Waals surface area contributed by atoms with Crippen LogP contribution >= 0.6 is 0 Å². The van der Waals surface area contributed by atoms with Crippen LogP contribution in [-0.2, 0) is 6.61 Å². The summed E-state index contributed by atoms with van der Waals surface area (Å²) in [5, 5.41) is 0. The van der Waals surface area contributed by atoms with Crippen LogP contribution in [0.15, 0.2) is 36.4 Å². The molecule has 0 unspecified atom stereocenters. The van der Waals surface area contributed by atoms with Crippen LogP contribution < -0.4 is 10.5 Å². The van der Waals surface area contributed by atoms with Crippen molar-refractivity contribution in [3.63, 3.8) is 0 Å². The SMILES string of the molecule is C[C@H](N)c1cc(F)ccc1OCc1ccc(F)c(F)c1. The molecule has 0 aliphatic rings. The molecule has 5 heteroatoms. The molecule has 0 aliphatic heterocycles. The standard InChI is InChI=1S/C15H14F3NO/c1-9(19)12-7-11(16)3-5-15(12)20-8-10-2-4-13(17)14(18)6-10/h2-7,9H,8,19H2,1H3/t9-/m0/s1. The molecule has 2 aromatic carbocycles. The highest BCUT2D eigenvalue weighted by Gasteiger charge is 2.10. The van der Waals surface area contributed by atoms with Crippen LogP contribution in [0, 0.1) is 17.5 Å². The minimum atomic E-state index is -0.933. The summed E-state index contributed by atoms with van der Waals surface area (Å²) in [6, 6.07) is 7.14. The van der Waals surface area contributed by atoms with E-state index in [9.17, 15) is 13.2 Å². The largest absolute Gasteiger partial charge is 0.489 e. The summed E-state index contributed by atoms with van der Waals surface area (Å²) in [5.74, 6) is -1.83. The van der Waals surface area contributed by atoms with Gasteiger partial charge in [-0.1, -0.05) is 6.07 Å². The molecule has 0 bridgehead atoms. The fraction of sp³-hybridized carbons (Fsp3) is 0.200. The summed E-state index contributed by atoms with van der Waals surface area (Å²) in [6.45, 7) is 1.75. The molecule has 0 amide bonds. The second-order valence-electron chi connectivity index (χ2n) is 4.51. The van der Waals surface area contributed by atoms with E-state index in [-0.39, 0.29) is 6.61 Å². The van der Waals surface area contributed by atoms with Gasteiger partial charge in [0.1, 0.15) is 18.2 Å².